The van der Waals surface area contributed by atoms with E-state index in [-0.39, 0.29) is 12.1 Å². The molecule has 0 bridgehead atoms. The van der Waals surface area contributed by atoms with Crippen molar-refractivity contribution in [3.8, 4) is 0 Å². The van der Waals surface area contributed by atoms with E-state index in [0.717, 1.165) is 25.7 Å². The van der Waals surface area contributed by atoms with Gasteiger partial charge in [-0.3, -0.25) is 0 Å². The number of hydrogen-bond acceptors (Lipinski definition) is 2. The first kappa shape index (κ1) is 18.7. The van der Waals surface area contributed by atoms with Crippen LogP contribution in [0.25, 0.3) is 0 Å². The van der Waals surface area contributed by atoms with Gasteiger partial charge in [0.1, 0.15) is 6.10 Å². The number of rotatable bonds is 3. The third-order valence-electron chi connectivity index (χ3n) is 4.63. The molecule has 2 atom stereocenters. The molecule has 1 aliphatic carbocycles. The summed E-state index contributed by atoms with van der Waals surface area (Å²) in [7, 11) is 0. The fourth-order valence-corrected chi connectivity index (χ4v) is 2.86. The molecule has 0 heterocycles. The van der Waals surface area contributed by atoms with Crippen LogP contribution in [0.5, 0.6) is 0 Å². The van der Waals surface area contributed by atoms with E-state index in [1.807, 2.05) is 19.9 Å². The highest BCUT2D eigenvalue weighted by molar-refractivity contribution is 5.87. The number of allylic oxidation sites excluding steroid dienone is 4. The van der Waals surface area contributed by atoms with Crippen LogP contribution in [0.3, 0.4) is 0 Å². The van der Waals surface area contributed by atoms with Crippen molar-refractivity contribution in [2.45, 2.75) is 73.3 Å². The molecule has 0 unspecified atom stereocenters. The zero-order valence-corrected chi connectivity index (χ0v) is 15.1. The maximum absolute atomic E-state index is 12.2. The minimum atomic E-state index is -0.188. The summed E-state index contributed by atoms with van der Waals surface area (Å²) in [4.78, 5) is 12.2. The second-order valence-electron chi connectivity index (χ2n) is 6.89. The Hall–Kier alpha value is -1.31. The first-order valence-electron chi connectivity index (χ1n) is 8.52. The van der Waals surface area contributed by atoms with Crippen molar-refractivity contribution in [3.63, 3.8) is 0 Å². The summed E-state index contributed by atoms with van der Waals surface area (Å²) in [6.45, 7) is 12.5. The number of ether oxygens (including phenoxy) is 1. The molecule has 0 amide bonds. The van der Waals surface area contributed by atoms with Gasteiger partial charge >= 0.3 is 5.97 Å². The molecule has 0 saturated carbocycles. The number of carbonyl (C=O) groups is 1. The van der Waals surface area contributed by atoms with Gasteiger partial charge in [-0.25, -0.2) is 4.79 Å². The van der Waals surface area contributed by atoms with Crippen LogP contribution in [0, 0.1) is 11.8 Å². The van der Waals surface area contributed by atoms with Crippen LogP contribution in [0.1, 0.15) is 67.2 Å². The van der Waals surface area contributed by atoms with Crippen LogP contribution in [-0.2, 0) is 9.53 Å². The topological polar surface area (TPSA) is 26.3 Å². The standard InChI is InChI=1S/C20H32O2/c1-7-17(6)20(21)22-19-13-16(5)10-8-9-15(4)11-12-18(19)14(2)3/h7,9,13-14,18-19H,8,10-12H2,1-6H3/t18-,19-/m0/s1. The Kier molecular flexibility index (Phi) is 7.64. The van der Waals surface area contributed by atoms with Gasteiger partial charge in [0.05, 0.1) is 0 Å². The van der Waals surface area contributed by atoms with E-state index >= 15 is 0 Å². The third-order valence-corrected chi connectivity index (χ3v) is 4.63. The third kappa shape index (κ3) is 5.82. The Morgan fingerprint density at radius 2 is 1.95 bits per heavy atom. The SMILES string of the molecule is CC=C(C)C(=O)O[C@H]1C=C(C)CCC=C(C)CC[C@H]1C(C)C. The zero-order chi connectivity index (χ0) is 16.7. The monoisotopic (exact) mass is 304 g/mol. The van der Waals surface area contributed by atoms with Crippen LogP contribution < -0.4 is 0 Å². The highest BCUT2D eigenvalue weighted by atomic mass is 16.5. The van der Waals surface area contributed by atoms with Crippen molar-refractivity contribution < 1.29 is 9.53 Å². The summed E-state index contributed by atoms with van der Waals surface area (Å²) in [5, 5.41) is 0. The van der Waals surface area contributed by atoms with Gasteiger partial charge in [0.25, 0.3) is 0 Å². The smallest absolute Gasteiger partial charge is 0.333 e. The molecule has 0 aromatic carbocycles. The van der Waals surface area contributed by atoms with E-state index in [9.17, 15) is 4.79 Å². The van der Waals surface area contributed by atoms with Gasteiger partial charge in [0.15, 0.2) is 0 Å². The maximum Gasteiger partial charge on any atom is 0.333 e. The fraction of sp³-hybridized carbons (Fsp3) is 0.650. The van der Waals surface area contributed by atoms with Crippen LogP contribution in [0.2, 0.25) is 0 Å². The lowest BCUT2D eigenvalue weighted by atomic mass is 9.83. The molecule has 0 radical (unpaired) electrons. The predicted molar refractivity (Wildman–Crippen MR) is 93.6 cm³/mol. The van der Waals surface area contributed by atoms with E-state index in [4.69, 9.17) is 4.74 Å². The molecular formula is C20H32O2. The van der Waals surface area contributed by atoms with Crippen LogP contribution in [0.4, 0.5) is 0 Å². The van der Waals surface area contributed by atoms with Gasteiger partial charge in [-0.15, -0.1) is 0 Å². The van der Waals surface area contributed by atoms with Crippen LogP contribution in [0.15, 0.2) is 34.9 Å². The molecule has 0 aromatic heterocycles. The highest BCUT2D eigenvalue weighted by Crippen LogP contribution is 2.29. The minimum Gasteiger partial charge on any atom is -0.454 e. The van der Waals surface area contributed by atoms with E-state index in [2.05, 4.69) is 39.8 Å². The molecule has 1 rings (SSSR count). The van der Waals surface area contributed by atoms with E-state index < -0.39 is 0 Å². The van der Waals surface area contributed by atoms with Gasteiger partial charge < -0.3 is 4.74 Å². The lowest BCUT2D eigenvalue weighted by molar-refractivity contribution is -0.145. The van der Waals surface area contributed by atoms with Crippen LogP contribution >= 0.6 is 0 Å². The first-order valence-corrected chi connectivity index (χ1v) is 8.52. The summed E-state index contributed by atoms with van der Waals surface area (Å²) in [6.07, 6.45) is 10.5. The zero-order valence-electron chi connectivity index (χ0n) is 15.1. The predicted octanol–water partition coefficient (Wildman–Crippen LogP) is 5.60. The Balaban J connectivity index is 3.03. The largest absolute Gasteiger partial charge is 0.454 e. The van der Waals surface area contributed by atoms with Gasteiger partial charge in [-0.2, -0.15) is 0 Å². The molecule has 2 nitrogen and oxygen atoms in total. The molecule has 0 N–H and O–H groups in total. The normalized spacial score (nSPS) is 24.6. The molecular weight excluding hydrogens is 272 g/mol. The Bertz CT molecular complexity index is 466. The molecule has 0 saturated heterocycles. The summed E-state index contributed by atoms with van der Waals surface area (Å²) >= 11 is 0. The summed E-state index contributed by atoms with van der Waals surface area (Å²) < 4.78 is 5.85. The van der Waals surface area contributed by atoms with Gasteiger partial charge in [-0.1, -0.05) is 37.1 Å². The minimum absolute atomic E-state index is 0.117. The molecule has 124 valence electrons. The molecule has 0 aromatic rings. The quantitative estimate of drug-likeness (QED) is 0.385. The maximum atomic E-state index is 12.2. The molecule has 22 heavy (non-hydrogen) atoms. The first-order chi connectivity index (χ1) is 10.3. The van der Waals surface area contributed by atoms with E-state index in [1.165, 1.54) is 11.1 Å². The molecule has 0 spiro atoms. The van der Waals surface area contributed by atoms with Crippen molar-refractivity contribution in [2.75, 3.05) is 0 Å². The number of hydrogen-bond donors (Lipinski definition) is 0. The molecule has 0 aliphatic heterocycles. The average molecular weight is 304 g/mol. The van der Waals surface area contributed by atoms with Crippen molar-refractivity contribution in [3.05, 3.63) is 34.9 Å². The van der Waals surface area contributed by atoms with Gasteiger partial charge in [-0.05, 0) is 65.4 Å². The summed E-state index contributed by atoms with van der Waals surface area (Å²) in [5.41, 5.74) is 3.45. The lowest BCUT2D eigenvalue weighted by Gasteiger charge is -2.29. The average Bonchev–Trinajstić information content (AvgIpc) is 2.45. The second-order valence-corrected chi connectivity index (χ2v) is 6.89. The number of esters is 1. The highest BCUT2D eigenvalue weighted by Gasteiger charge is 2.27. The molecule has 0 fully saturated rings. The second kappa shape index (κ2) is 8.97. The van der Waals surface area contributed by atoms with Crippen molar-refractivity contribution >= 4 is 5.97 Å². The van der Waals surface area contributed by atoms with E-state index in [1.54, 1.807) is 0 Å². The van der Waals surface area contributed by atoms with Crippen molar-refractivity contribution in [2.24, 2.45) is 11.8 Å². The number of carbonyl (C=O) groups excluding carboxylic acids is 1. The lowest BCUT2D eigenvalue weighted by Crippen LogP contribution is -2.30. The van der Waals surface area contributed by atoms with Crippen molar-refractivity contribution in [1.82, 2.24) is 0 Å². The molecule has 1 aliphatic rings. The Morgan fingerprint density at radius 1 is 1.27 bits per heavy atom. The van der Waals surface area contributed by atoms with Gasteiger partial charge in [0.2, 0.25) is 0 Å². The Morgan fingerprint density at radius 3 is 2.55 bits per heavy atom. The molecule has 2 heteroatoms. The van der Waals surface area contributed by atoms with E-state index in [0.29, 0.717) is 17.4 Å². The summed E-state index contributed by atoms with van der Waals surface area (Å²) in [5.74, 6) is 0.663. The fourth-order valence-electron chi connectivity index (χ4n) is 2.86. The van der Waals surface area contributed by atoms with Gasteiger partial charge in [0, 0.05) is 11.5 Å². The van der Waals surface area contributed by atoms with Crippen LogP contribution in [-0.4, -0.2) is 12.1 Å². The summed E-state index contributed by atoms with van der Waals surface area (Å²) in [6, 6.07) is 0. The Labute approximate surface area is 136 Å². The van der Waals surface area contributed by atoms with Crippen molar-refractivity contribution in [1.29, 1.82) is 0 Å².